The predicted octanol–water partition coefficient (Wildman–Crippen LogP) is 0.670. The number of hydrogen-bond acceptors (Lipinski definition) is 3. The molecular formula is C12H25N3. The number of nitrogens with zero attached hydrogens (tertiary/aromatic N) is 1. The molecule has 0 spiro atoms. The molecule has 1 heterocycles. The normalized spacial score (nSPS) is 29.0. The topological polar surface area (TPSA) is 27.3 Å². The van der Waals surface area contributed by atoms with Crippen LogP contribution in [0.2, 0.25) is 0 Å². The summed E-state index contributed by atoms with van der Waals surface area (Å²) in [6.07, 6.45) is 5.66. The molecule has 0 amide bonds. The van der Waals surface area contributed by atoms with Gasteiger partial charge in [-0.25, -0.2) is 0 Å². The molecule has 2 fully saturated rings. The summed E-state index contributed by atoms with van der Waals surface area (Å²) in [6, 6.07) is 0.743. The van der Waals surface area contributed by atoms with Gasteiger partial charge in [0, 0.05) is 25.7 Å². The second kappa shape index (κ2) is 5.83. The molecule has 0 aromatic rings. The average Bonchev–Trinajstić information content (AvgIpc) is 2.17. The second-order valence-electron chi connectivity index (χ2n) is 5.13. The molecule has 15 heavy (non-hydrogen) atoms. The Morgan fingerprint density at radius 1 is 1.40 bits per heavy atom. The van der Waals surface area contributed by atoms with Crippen LogP contribution in [0.5, 0.6) is 0 Å². The first-order chi connectivity index (χ1) is 7.36. The number of piperazine rings is 1. The van der Waals surface area contributed by atoms with Crippen molar-refractivity contribution in [1.29, 1.82) is 0 Å². The summed E-state index contributed by atoms with van der Waals surface area (Å²) in [5.41, 5.74) is 0. The van der Waals surface area contributed by atoms with E-state index in [1.54, 1.807) is 0 Å². The molecule has 0 radical (unpaired) electrons. The Hall–Kier alpha value is -0.120. The van der Waals surface area contributed by atoms with Crippen molar-refractivity contribution < 1.29 is 0 Å². The Balaban J connectivity index is 1.52. The second-order valence-corrected chi connectivity index (χ2v) is 5.13. The number of nitrogens with one attached hydrogen (secondary N) is 2. The van der Waals surface area contributed by atoms with Crippen LogP contribution in [0.15, 0.2) is 0 Å². The van der Waals surface area contributed by atoms with Gasteiger partial charge in [-0.2, -0.15) is 0 Å². The first-order valence-electron chi connectivity index (χ1n) is 6.48. The molecular weight excluding hydrogens is 186 g/mol. The highest BCUT2D eigenvalue weighted by Crippen LogP contribution is 2.25. The molecule has 2 aliphatic rings. The minimum absolute atomic E-state index is 0.743. The zero-order chi connectivity index (χ0) is 10.5. The number of hydrogen-bond donors (Lipinski definition) is 2. The molecule has 0 aromatic heterocycles. The van der Waals surface area contributed by atoms with Crippen molar-refractivity contribution in [2.75, 3.05) is 39.8 Å². The van der Waals surface area contributed by atoms with Crippen molar-refractivity contribution in [3.63, 3.8) is 0 Å². The summed E-state index contributed by atoms with van der Waals surface area (Å²) in [5.74, 6) is 0.993. The van der Waals surface area contributed by atoms with E-state index < -0.39 is 0 Å². The van der Waals surface area contributed by atoms with Crippen LogP contribution in [-0.4, -0.2) is 50.7 Å². The highest BCUT2D eigenvalue weighted by atomic mass is 15.2. The fourth-order valence-electron chi connectivity index (χ4n) is 2.46. The van der Waals surface area contributed by atoms with Gasteiger partial charge in [-0.3, -0.25) is 0 Å². The van der Waals surface area contributed by atoms with Gasteiger partial charge < -0.3 is 15.5 Å². The Bertz CT molecular complexity index is 180. The molecule has 2 N–H and O–H groups in total. The van der Waals surface area contributed by atoms with E-state index in [9.17, 15) is 0 Å². The van der Waals surface area contributed by atoms with E-state index in [0.717, 1.165) is 18.5 Å². The van der Waals surface area contributed by atoms with Crippen molar-refractivity contribution in [3.8, 4) is 0 Å². The van der Waals surface area contributed by atoms with E-state index in [1.807, 2.05) is 0 Å². The van der Waals surface area contributed by atoms with Crippen LogP contribution in [0.3, 0.4) is 0 Å². The SMILES string of the molecule is CN1CCNCC1CCNCC1CCC1. The van der Waals surface area contributed by atoms with E-state index >= 15 is 0 Å². The highest BCUT2D eigenvalue weighted by molar-refractivity contribution is 4.78. The molecule has 3 nitrogen and oxygen atoms in total. The Kier molecular flexibility index (Phi) is 4.42. The maximum absolute atomic E-state index is 3.60. The summed E-state index contributed by atoms with van der Waals surface area (Å²) < 4.78 is 0. The van der Waals surface area contributed by atoms with Crippen molar-refractivity contribution in [2.45, 2.75) is 31.7 Å². The van der Waals surface area contributed by atoms with E-state index in [0.29, 0.717) is 0 Å². The minimum Gasteiger partial charge on any atom is -0.316 e. The third kappa shape index (κ3) is 3.44. The first-order valence-corrected chi connectivity index (χ1v) is 6.48. The van der Waals surface area contributed by atoms with Crippen LogP contribution >= 0.6 is 0 Å². The lowest BCUT2D eigenvalue weighted by atomic mass is 9.85. The van der Waals surface area contributed by atoms with E-state index in [2.05, 4.69) is 22.6 Å². The van der Waals surface area contributed by atoms with Crippen LogP contribution in [0.1, 0.15) is 25.7 Å². The summed E-state index contributed by atoms with van der Waals surface area (Å²) in [5, 5.41) is 7.07. The summed E-state index contributed by atoms with van der Waals surface area (Å²) in [4.78, 5) is 2.49. The molecule has 1 saturated heterocycles. The van der Waals surface area contributed by atoms with Crippen LogP contribution < -0.4 is 10.6 Å². The molecule has 2 rings (SSSR count). The van der Waals surface area contributed by atoms with Crippen molar-refractivity contribution in [1.82, 2.24) is 15.5 Å². The lowest BCUT2D eigenvalue weighted by Crippen LogP contribution is -2.50. The quantitative estimate of drug-likeness (QED) is 0.655. The average molecular weight is 211 g/mol. The largest absolute Gasteiger partial charge is 0.316 e. The molecule has 1 aliphatic heterocycles. The van der Waals surface area contributed by atoms with E-state index in [-0.39, 0.29) is 0 Å². The summed E-state index contributed by atoms with van der Waals surface area (Å²) in [7, 11) is 2.25. The van der Waals surface area contributed by atoms with Crippen molar-refractivity contribution >= 4 is 0 Å². The van der Waals surface area contributed by atoms with Gasteiger partial charge in [0.05, 0.1) is 0 Å². The first kappa shape index (κ1) is 11.4. The lowest BCUT2D eigenvalue weighted by Gasteiger charge is -2.33. The molecule has 1 aliphatic carbocycles. The fourth-order valence-corrected chi connectivity index (χ4v) is 2.46. The molecule has 1 saturated carbocycles. The minimum atomic E-state index is 0.743. The van der Waals surface area contributed by atoms with Crippen molar-refractivity contribution in [3.05, 3.63) is 0 Å². The Morgan fingerprint density at radius 3 is 2.93 bits per heavy atom. The van der Waals surface area contributed by atoms with Crippen LogP contribution in [0.4, 0.5) is 0 Å². The van der Waals surface area contributed by atoms with Crippen LogP contribution in [0.25, 0.3) is 0 Å². The fraction of sp³-hybridized carbons (Fsp3) is 1.00. The highest BCUT2D eigenvalue weighted by Gasteiger charge is 2.19. The van der Waals surface area contributed by atoms with Gasteiger partial charge in [-0.05, 0) is 45.3 Å². The van der Waals surface area contributed by atoms with Crippen LogP contribution in [-0.2, 0) is 0 Å². The standard InChI is InChI=1S/C12H25N3/c1-15-8-7-14-10-12(15)5-6-13-9-11-3-2-4-11/h11-14H,2-10H2,1H3. The molecule has 1 atom stereocenters. The molecule has 3 heteroatoms. The smallest absolute Gasteiger partial charge is 0.0230 e. The molecule has 1 unspecified atom stereocenters. The number of rotatable bonds is 5. The Labute approximate surface area is 93.6 Å². The zero-order valence-electron chi connectivity index (χ0n) is 9.97. The third-order valence-corrected chi connectivity index (χ3v) is 3.96. The van der Waals surface area contributed by atoms with Gasteiger partial charge in [-0.15, -0.1) is 0 Å². The third-order valence-electron chi connectivity index (χ3n) is 3.96. The molecule has 0 aromatic carbocycles. The van der Waals surface area contributed by atoms with Gasteiger partial charge in [0.1, 0.15) is 0 Å². The van der Waals surface area contributed by atoms with Gasteiger partial charge in [0.25, 0.3) is 0 Å². The van der Waals surface area contributed by atoms with Crippen molar-refractivity contribution in [2.24, 2.45) is 5.92 Å². The monoisotopic (exact) mass is 211 g/mol. The predicted molar refractivity (Wildman–Crippen MR) is 64.1 cm³/mol. The van der Waals surface area contributed by atoms with E-state index in [4.69, 9.17) is 0 Å². The van der Waals surface area contributed by atoms with Crippen LogP contribution in [0, 0.1) is 5.92 Å². The van der Waals surface area contributed by atoms with E-state index in [1.165, 1.54) is 51.9 Å². The van der Waals surface area contributed by atoms with Gasteiger partial charge >= 0.3 is 0 Å². The maximum Gasteiger partial charge on any atom is 0.0230 e. The maximum atomic E-state index is 3.60. The van der Waals surface area contributed by atoms with Gasteiger partial charge in [0.15, 0.2) is 0 Å². The summed E-state index contributed by atoms with van der Waals surface area (Å²) in [6.45, 7) is 5.97. The summed E-state index contributed by atoms with van der Waals surface area (Å²) >= 11 is 0. The molecule has 88 valence electrons. The van der Waals surface area contributed by atoms with Gasteiger partial charge in [-0.1, -0.05) is 6.42 Å². The Morgan fingerprint density at radius 2 is 2.27 bits per heavy atom. The number of likely N-dealkylation sites (N-methyl/N-ethyl adjacent to an activating group) is 1. The molecule has 0 bridgehead atoms. The van der Waals surface area contributed by atoms with Gasteiger partial charge in [0.2, 0.25) is 0 Å². The zero-order valence-corrected chi connectivity index (χ0v) is 9.97. The lowest BCUT2D eigenvalue weighted by molar-refractivity contribution is 0.188.